The van der Waals surface area contributed by atoms with Gasteiger partial charge in [0.05, 0.1) is 10.8 Å². The van der Waals surface area contributed by atoms with Crippen molar-refractivity contribution in [3.63, 3.8) is 0 Å². The Bertz CT molecular complexity index is 155. The van der Waals surface area contributed by atoms with E-state index in [0.717, 1.165) is 0 Å². The van der Waals surface area contributed by atoms with E-state index in [0.29, 0.717) is 0 Å². The van der Waals surface area contributed by atoms with Crippen LogP contribution in [0.2, 0.25) is 0 Å². The summed E-state index contributed by atoms with van der Waals surface area (Å²) in [6.45, 7) is 0.155. The van der Waals surface area contributed by atoms with Gasteiger partial charge in [0.25, 0.3) is 0 Å². The Morgan fingerprint density at radius 3 is 1.64 bits per heavy atom. The van der Waals surface area contributed by atoms with E-state index in [9.17, 15) is 4.57 Å². The third-order valence-corrected chi connectivity index (χ3v) is 3.40. The molecule has 0 spiro atoms. The van der Waals surface area contributed by atoms with Crippen LogP contribution in [0.4, 0.5) is 0 Å². The zero-order valence-corrected chi connectivity index (χ0v) is 11.1. The lowest BCUT2D eigenvalue weighted by atomic mass is 10.5. The third kappa shape index (κ3) is 8.49. The van der Waals surface area contributed by atoms with E-state index in [-0.39, 0.29) is 35.7 Å². The van der Waals surface area contributed by atoms with Crippen molar-refractivity contribution in [2.24, 2.45) is 0 Å². The van der Waals surface area contributed by atoms with Crippen molar-refractivity contribution in [1.82, 2.24) is 0 Å². The SMILES string of the molecule is O=[P+](OCC(Cl)CCl)OCC(Cl)CCl. The van der Waals surface area contributed by atoms with Gasteiger partial charge in [0.1, 0.15) is 13.2 Å². The molecule has 0 fully saturated rings. The third-order valence-electron chi connectivity index (χ3n) is 1.06. The molecule has 0 rings (SSSR count). The quantitative estimate of drug-likeness (QED) is 0.509. The normalized spacial score (nSPS) is 16.4. The predicted molar refractivity (Wildman–Crippen MR) is 60.2 cm³/mol. The van der Waals surface area contributed by atoms with Crippen LogP contribution < -0.4 is 0 Å². The monoisotopic (exact) mass is 301 g/mol. The van der Waals surface area contributed by atoms with Gasteiger partial charge in [0.2, 0.25) is 0 Å². The molecule has 14 heavy (non-hydrogen) atoms. The number of rotatable bonds is 8. The Balaban J connectivity index is 3.46. The summed E-state index contributed by atoms with van der Waals surface area (Å²) in [6.07, 6.45) is 0. The molecule has 8 heteroatoms. The number of hydrogen-bond acceptors (Lipinski definition) is 3. The van der Waals surface area contributed by atoms with Crippen molar-refractivity contribution < 1.29 is 13.6 Å². The first-order valence-corrected chi connectivity index (χ1v) is 6.77. The maximum Gasteiger partial charge on any atom is 0.697 e. The summed E-state index contributed by atoms with van der Waals surface area (Å²) in [5.41, 5.74) is 0. The van der Waals surface area contributed by atoms with E-state index in [4.69, 9.17) is 55.5 Å². The molecular weight excluding hydrogens is 293 g/mol. The van der Waals surface area contributed by atoms with Gasteiger partial charge in [-0.2, -0.15) is 0 Å². The average Bonchev–Trinajstić information content (AvgIpc) is 2.22. The Labute approximate surface area is 104 Å². The van der Waals surface area contributed by atoms with E-state index < -0.39 is 8.25 Å². The van der Waals surface area contributed by atoms with Crippen molar-refractivity contribution in [2.45, 2.75) is 10.8 Å². The molecule has 0 aliphatic heterocycles. The fourth-order valence-electron chi connectivity index (χ4n) is 0.410. The second-order valence-corrected chi connectivity index (χ2v) is 5.13. The van der Waals surface area contributed by atoms with Crippen LogP contribution in [0.3, 0.4) is 0 Å². The highest BCUT2D eigenvalue weighted by Gasteiger charge is 2.23. The molecule has 3 nitrogen and oxygen atoms in total. The van der Waals surface area contributed by atoms with E-state index in [2.05, 4.69) is 0 Å². The van der Waals surface area contributed by atoms with Crippen LogP contribution in [0, 0.1) is 0 Å². The Kier molecular flexibility index (Phi) is 10.2. The van der Waals surface area contributed by atoms with Gasteiger partial charge >= 0.3 is 8.25 Å². The maximum absolute atomic E-state index is 11.0. The number of halogens is 4. The van der Waals surface area contributed by atoms with Gasteiger partial charge in [-0.05, 0) is 0 Å². The van der Waals surface area contributed by atoms with Crippen LogP contribution in [0.15, 0.2) is 0 Å². The molecule has 0 saturated carbocycles. The molecular formula is C6H10Cl4O3P+. The molecule has 0 aliphatic rings. The topological polar surface area (TPSA) is 35.5 Å². The van der Waals surface area contributed by atoms with Gasteiger partial charge < -0.3 is 0 Å². The highest BCUT2D eigenvalue weighted by molar-refractivity contribution is 7.33. The van der Waals surface area contributed by atoms with Crippen LogP contribution >= 0.6 is 54.7 Å². The summed E-state index contributed by atoms with van der Waals surface area (Å²) in [6, 6.07) is 0. The van der Waals surface area contributed by atoms with Crippen molar-refractivity contribution in [1.29, 1.82) is 0 Å². The smallest absolute Gasteiger partial charge is 0.125 e. The molecule has 0 aromatic carbocycles. The van der Waals surface area contributed by atoms with Crippen molar-refractivity contribution >= 4 is 54.7 Å². The Morgan fingerprint density at radius 2 is 1.36 bits per heavy atom. The maximum atomic E-state index is 11.0. The van der Waals surface area contributed by atoms with E-state index in [1.807, 2.05) is 0 Å². The van der Waals surface area contributed by atoms with Gasteiger partial charge in [-0.3, -0.25) is 0 Å². The molecule has 84 valence electrons. The van der Waals surface area contributed by atoms with Crippen molar-refractivity contribution in [3.8, 4) is 0 Å². The summed E-state index contributed by atoms with van der Waals surface area (Å²) in [5.74, 6) is 0.453. The summed E-state index contributed by atoms with van der Waals surface area (Å²) < 4.78 is 20.5. The molecule has 0 aromatic heterocycles. The fraction of sp³-hybridized carbons (Fsp3) is 1.00. The van der Waals surface area contributed by atoms with Crippen molar-refractivity contribution in [3.05, 3.63) is 0 Å². The first-order chi connectivity index (χ1) is 6.60. The summed E-state index contributed by atoms with van der Waals surface area (Å²) >= 11 is 22.0. The molecule has 0 heterocycles. The second-order valence-electron chi connectivity index (χ2n) is 2.32. The minimum atomic E-state index is -2.19. The van der Waals surface area contributed by atoms with Gasteiger partial charge in [-0.25, -0.2) is 0 Å². The molecule has 2 atom stereocenters. The molecule has 0 aromatic rings. The molecule has 0 saturated heterocycles. The van der Waals surface area contributed by atoms with Gasteiger partial charge in [-0.1, -0.05) is 0 Å². The van der Waals surface area contributed by atoms with Gasteiger partial charge in [0, 0.05) is 16.3 Å². The van der Waals surface area contributed by atoms with Gasteiger partial charge in [-0.15, -0.1) is 55.5 Å². The van der Waals surface area contributed by atoms with Crippen LogP contribution in [-0.4, -0.2) is 35.7 Å². The minimum Gasteiger partial charge on any atom is -0.125 e. The molecule has 0 amide bonds. The van der Waals surface area contributed by atoms with Crippen molar-refractivity contribution in [2.75, 3.05) is 25.0 Å². The van der Waals surface area contributed by atoms with Crippen LogP contribution in [0.1, 0.15) is 0 Å². The fourth-order valence-corrected chi connectivity index (χ4v) is 1.57. The molecule has 0 bridgehead atoms. The van der Waals surface area contributed by atoms with Crippen LogP contribution in [0.25, 0.3) is 0 Å². The van der Waals surface area contributed by atoms with E-state index in [1.165, 1.54) is 0 Å². The highest BCUT2D eigenvalue weighted by Crippen LogP contribution is 2.25. The van der Waals surface area contributed by atoms with Crippen LogP contribution in [0.5, 0.6) is 0 Å². The Morgan fingerprint density at radius 1 is 1.00 bits per heavy atom. The molecule has 0 aliphatic carbocycles. The van der Waals surface area contributed by atoms with Crippen LogP contribution in [-0.2, 0) is 13.6 Å². The lowest BCUT2D eigenvalue weighted by Gasteiger charge is -1.99. The summed E-state index contributed by atoms with van der Waals surface area (Å²) in [5, 5.41) is -0.752. The number of alkyl halides is 4. The molecule has 2 unspecified atom stereocenters. The zero-order chi connectivity index (χ0) is 11.0. The lowest BCUT2D eigenvalue weighted by Crippen LogP contribution is -2.10. The Hall–Kier alpha value is 1.18. The largest absolute Gasteiger partial charge is 0.697 e. The zero-order valence-electron chi connectivity index (χ0n) is 7.17. The number of hydrogen-bond donors (Lipinski definition) is 0. The average molecular weight is 303 g/mol. The lowest BCUT2D eigenvalue weighted by molar-refractivity contribution is 0.229. The standard InChI is InChI=1S/C6H10Cl4O3P/c7-1-5(9)3-12-14(11)13-4-6(10)2-8/h5-6H,1-4H2/q+1. The van der Waals surface area contributed by atoms with Gasteiger partial charge in [0.15, 0.2) is 0 Å². The molecule has 0 radical (unpaired) electrons. The summed E-state index contributed by atoms with van der Waals surface area (Å²) in [7, 11) is -2.19. The van der Waals surface area contributed by atoms with E-state index >= 15 is 0 Å². The second kappa shape index (κ2) is 9.41. The van der Waals surface area contributed by atoms with E-state index in [1.54, 1.807) is 0 Å². The summed E-state index contributed by atoms with van der Waals surface area (Å²) in [4.78, 5) is 0. The molecule has 0 N–H and O–H groups in total. The first-order valence-electron chi connectivity index (χ1n) is 3.73. The first kappa shape index (κ1) is 15.2. The highest BCUT2D eigenvalue weighted by atomic mass is 35.5. The predicted octanol–water partition coefficient (Wildman–Crippen LogP) is 3.37. The minimum absolute atomic E-state index is 0.0775.